The molecule has 0 saturated carbocycles. The zero-order chi connectivity index (χ0) is 21.3. The molecule has 8 nitrogen and oxygen atoms in total. The van der Waals surface area contributed by atoms with Crippen molar-refractivity contribution in [3.8, 4) is 17.3 Å². The average molecular weight is 410 g/mol. The lowest BCUT2D eigenvalue weighted by Crippen LogP contribution is -2.52. The molecule has 2 aromatic rings. The predicted octanol–water partition coefficient (Wildman–Crippen LogP) is 1.75. The number of benzene rings is 1. The lowest BCUT2D eigenvalue weighted by molar-refractivity contribution is -0.173. The van der Waals surface area contributed by atoms with Crippen LogP contribution in [-0.2, 0) is 14.3 Å². The summed E-state index contributed by atoms with van der Waals surface area (Å²) in [6, 6.07) is 2.59. The quantitative estimate of drug-likeness (QED) is 0.604. The number of hydrogen-bond donors (Lipinski definition) is 1. The van der Waals surface area contributed by atoms with Crippen LogP contribution in [0.1, 0.15) is 19.9 Å². The number of ether oxygens (including phenoxy) is 2. The van der Waals surface area contributed by atoms with Gasteiger partial charge in [-0.25, -0.2) is 17.9 Å². The molecule has 1 aliphatic heterocycles. The van der Waals surface area contributed by atoms with E-state index in [1.54, 1.807) is 6.92 Å². The number of aliphatic hydroxyl groups excluding tert-OH is 1. The van der Waals surface area contributed by atoms with Gasteiger partial charge < -0.3 is 14.6 Å². The van der Waals surface area contributed by atoms with E-state index < -0.39 is 53.7 Å². The molecule has 1 aliphatic rings. The summed E-state index contributed by atoms with van der Waals surface area (Å²) in [5, 5.41) is 27.5. The third kappa shape index (κ3) is 4.08. The monoisotopic (exact) mass is 410 g/mol. The number of hydrogen-bond acceptors (Lipinski definition) is 7. The summed E-state index contributed by atoms with van der Waals surface area (Å²) >= 11 is 0. The minimum absolute atomic E-state index is 0.0405. The minimum atomic E-state index is -1.60. The van der Waals surface area contributed by atoms with Gasteiger partial charge in [0.1, 0.15) is 18.4 Å². The SMILES string of the molecule is CC(=O)OC[C@H]1O[C@@H](C#N)[C@H](O)[C@@H](n2cc(-c3cc(F)c(F)c(F)c3)nn2)[C@H]1C. The fourth-order valence-corrected chi connectivity index (χ4v) is 3.26. The number of nitriles is 1. The van der Waals surface area contributed by atoms with Gasteiger partial charge in [0.15, 0.2) is 23.6 Å². The summed E-state index contributed by atoms with van der Waals surface area (Å²) < 4.78 is 51.9. The maximum atomic E-state index is 13.5. The first kappa shape index (κ1) is 20.8. The van der Waals surface area contributed by atoms with Crippen LogP contribution >= 0.6 is 0 Å². The van der Waals surface area contributed by atoms with Crippen molar-refractivity contribution in [2.24, 2.45) is 5.92 Å². The van der Waals surface area contributed by atoms with Gasteiger partial charge in [0.25, 0.3) is 0 Å². The van der Waals surface area contributed by atoms with E-state index in [2.05, 4.69) is 10.3 Å². The topological polar surface area (TPSA) is 110 Å². The summed E-state index contributed by atoms with van der Waals surface area (Å²) in [5.41, 5.74) is -0.00566. The molecule has 0 amide bonds. The smallest absolute Gasteiger partial charge is 0.302 e. The van der Waals surface area contributed by atoms with Gasteiger partial charge in [-0.1, -0.05) is 12.1 Å². The van der Waals surface area contributed by atoms with Crippen LogP contribution in [0.5, 0.6) is 0 Å². The van der Waals surface area contributed by atoms with Gasteiger partial charge in [-0.05, 0) is 12.1 Å². The molecule has 0 aliphatic carbocycles. The molecule has 0 spiro atoms. The van der Waals surface area contributed by atoms with E-state index in [-0.39, 0.29) is 17.9 Å². The number of halogens is 3. The molecule has 5 atom stereocenters. The summed E-state index contributed by atoms with van der Waals surface area (Å²) in [6.07, 6.45) is -1.89. The van der Waals surface area contributed by atoms with Crippen molar-refractivity contribution in [2.45, 2.75) is 38.2 Å². The van der Waals surface area contributed by atoms with Crippen LogP contribution in [0, 0.1) is 34.7 Å². The lowest BCUT2D eigenvalue weighted by atomic mass is 9.86. The molecule has 1 N–H and O–H groups in total. The maximum Gasteiger partial charge on any atom is 0.302 e. The van der Waals surface area contributed by atoms with E-state index in [1.807, 2.05) is 6.07 Å². The number of carbonyl (C=O) groups is 1. The molecule has 0 unspecified atom stereocenters. The van der Waals surface area contributed by atoms with Gasteiger partial charge >= 0.3 is 5.97 Å². The standard InChI is InChI=1S/C18H17F3N4O4/c1-8-15(7-28-9(2)26)29-14(5-22)18(27)17(8)25-6-13(23-24-25)10-3-11(19)16(21)12(20)4-10/h3-4,6,8,14-15,17-18,27H,7H2,1-2H3/t8-,14-,15+,17-,18-/m0/s1. The van der Waals surface area contributed by atoms with Crippen molar-refractivity contribution >= 4 is 5.97 Å². The Balaban J connectivity index is 1.92. The molecule has 1 saturated heterocycles. The molecule has 3 rings (SSSR count). The van der Waals surface area contributed by atoms with Crippen molar-refractivity contribution in [1.29, 1.82) is 5.26 Å². The van der Waals surface area contributed by atoms with E-state index in [1.165, 1.54) is 17.8 Å². The van der Waals surface area contributed by atoms with Crippen LogP contribution in [-0.4, -0.2) is 51.0 Å². The highest BCUT2D eigenvalue weighted by Gasteiger charge is 2.45. The number of aromatic nitrogens is 3. The molecule has 29 heavy (non-hydrogen) atoms. The second kappa shape index (κ2) is 8.18. The van der Waals surface area contributed by atoms with Gasteiger partial charge in [-0.15, -0.1) is 5.10 Å². The highest BCUT2D eigenvalue weighted by atomic mass is 19.2. The molecule has 1 aromatic heterocycles. The third-order valence-corrected chi connectivity index (χ3v) is 4.78. The second-order valence-corrected chi connectivity index (χ2v) is 6.70. The molecule has 0 radical (unpaired) electrons. The lowest BCUT2D eigenvalue weighted by Gasteiger charge is -2.41. The van der Waals surface area contributed by atoms with Crippen molar-refractivity contribution < 1.29 is 32.5 Å². The van der Waals surface area contributed by atoms with E-state index in [0.29, 0.717) is 0 Å². The number of nitrogens with zero attached hydrogens (tertiary/aromatic N) is 4. The van der Waals surface area contributed by atoms with Crippen molar-refractivity contribution in [2.75, 3.05) is 6.61 Å². The van der Waals surface area contributed by atoms with Crippen LogP contribution in [0.3, 0.4) is 0 Å². The Bertz CT molecular complexity index is 938. The highest BCUT2D eigenvalue weighted by molar-refractivity contribution is 5.65. The van der Waals surface area contributed by atoms with E-state index in [9.17, 15) is 28.3 Å². The number of rotatable bonds is 4. The first-order chi connectivity index (χ1) is 13.7. The number of carbonyl (C=O) groups excluding carboxylic acids is 1. The Labute approximate surface area is 163 Å². The zero-order valence-electron chi connectivity index (χ0n) is 15.4. The summed E-state index contributed by atoms with van der Waals surface area (Å²) in [5.74, 6) is -5.34. The molecular weight excluding hydrogens is 393 g/mol. The van der Waals surface area contributed by atoms with Gasteiger partial charge in [-0.3, -0.25) is 4.79 Å². The molecule has 2 heterocycles. The van der Waals surface area contributed by atoms with Gasteiger partial charge in [0.05, 0.1) is 24.4 Å². The first-order valence-electron chi connectivity index (χ1n) is 8.66. The molecular formula is C18H17F3N4O4. The minimum Gasteiger partial charge on any atom is -0.463 e. The van der Waals surface area contributed by atoms with Crippen LogP contribution < -0.4 is 0 Å². The van der Waals surface area contributed by atoms with Crippen molar-refractivity contribution in [3.05, 3.63) is 35.8 Å². The Morgan fingerprint density at radius 1 is 1.38 bits per heavy atom. The van der Waals surface area contributed by atoms with Gasteiger partial charge in [0, 0.05) is 18.4 Å². The van der Waals surface area contributed by atoms with E-state index >= 15 is 0 Å². The molecule has 0 bridgehead atoms. The Morgan fingerprint density at radius 3 is 2.62 bits per heavy atom. The van der Waals surface area contributed by atoms with Crippen molar-refractivity contribution in [3.63, 3.8) is 0 Å². The zero-order valence-corrected chi connectivity index (χ0v) is 15.4. The predicted molar refractivity (Wildman–Crippen MR) is 90.4 cm³/mol. The van der Waals surface area contributed by atoms with Crippen LogP contribution in [0.15, 0.2) is 18.3 Å². The first-order valence-corrected chi connectivity index (χ1v) is 8.66. The maximum absolute atomic E-state index is 13.5. The van der Waals surface area contributed by atoms with Gasteiger partial charge in [0.2, 0.25) is 0 Å². The molecule has 11 heteroatoms. The summed E-state index contributed by atoms with van der Waals surface area (Å²) in [6.45, 7) is 2.80. The molecule has 154 valence electrons. The van der Waals surface area contributed by atoms with Gasteiger partial charge in [-0.2, -0.15) is 5.26 Å². The third-order valence-electron chi connectivity index (χ3n) is 4.78. The summed E-state index contributed by atoms with van der Waals surface area (Å²) in [7, 11) is 0. The highest BCUT2D eigenvalue weighted by Crippen LogP contribution is 2.35. The molecule has 1 aromatic carbocycles. The number of esters is 1. The Hall–Kier alpha value is -2.97. The van der Waals surface area contributed by atoms with Crippen LogP contribution in [0.4, 0.5) is 13.2 Å². The average Bonchev–Trinajstić information content (AvgIpc) is 3.15. The van der Waals surface area contributed by atoms with Crippen LogP contribution in [0.25, 0.3) is 11.3 Å². The Kier molecular flexibility index (Phi) is 5.86. The fourth-order valence-electron chi connectivity index (χ4n) is 3.26. The normalized spacial score (nSPS) is 26.7. The number of aliphatic hydroxyl groups is 1. The molecule has 1 fully saturated rings. The Morgan fingerprint density at radius 2 is 2.03 bits per heavy atom. The van der Waals surface area contributed by atoms with Crippen LogP contribution in [0.2, 0.25) is 0 Å². The van der Waals surface area contributed by atoms with E-state index in [4.69, 9.17) is 9.47 Å². The van der Waals surface area contributed by atoms with Crippen molar-refractivity contribution in [1.82, 2.24) is 15.0 Å². The summed E-state index contributed by atoms with van der Waals surface area (Å²) in [4.78, 5) is 11.1. The second-order valence-electron chi connectivity index (χ2n) is 6.70. The van der Waals surface area contributed by atoms with E-state index in [0.717, 1.165) is 12.1 Å². The largest absolute Gasteiger partial charge is 0.463 e. The fraction of sp³-hybridized carbons (Fsp3) is 0.444.